The van der Waals surface area contributed by atoms with Crippen LogP contribution in [-0.4, -0.2) is 24.8 Å². The van der Waals surface area contributed by atoms with E-state index >= 15 is 0 Å². The van der Waals surface area contributed by atoms with Crippen molar-refractivity contribution < 1.29 is 13.9 Å². The van der Waals surface area contributed by atoms with E-state index in [0.29, 0.717) is 17.3 Å². The first-order valence-corrected chi connectivity index (χ1v) is 12.6. The van der Waals surface area contributed by atoms with Gasteiger partial charge in [0.15, 0.2) is 5.54 Å². The molecule has 35 heavy (non-hydrogen) atoms. The minimum atomic E-state index is -1.55. The van der Waals surface area contributed by atoms with Gasteiger partial charge in [-0.15, -0.1) is 0 Å². The van der Waals surface area contributed by atoms with Gasteiger partial charge in [0.1, 0.15) is 6.67 Å². The van der Waals surface area contributed by atoms with E-state index in [1.807, 2.05) is 30.3 Å². The van der Waals surface area contributed by atoms with E-state index in [9.17, 15) is 9.18 Å². The second-order valence-corrected chi connectivity index (χ2v) is 9.51. The van der Waals surface area contributed by atoms with Crippen LogP contribution in [0.5, 0.6) is 0 Å². The van der Waals surface area contributed by atoms with Crippen LogP contribution in [0.25, 0.3) is 6.08 Å². The van der Waals surface area contributed by atoms with Crippen LogP contribution in [0.1, 0.15) is 30.0 Å². The maximum Gasteiger partial charge on any atom is 0.334 e. The highest BCUT2D eigenvalue weighted by Crippen LogP contribution is 2.25. The van der Waals surface area contributed by atoms with Gasteiger partial charge < -0.3 is 10.1 Å². The maximum absolute atomic E-state index is 14.4. The summed E-state index contributed by atoms with van der Waals surface area (Å²) < 4.78 is 23.0. The zero-order valence-corrected chi connectivity index (χ0v) is 21.5. The lowest BCUT2D eigenvalue weighted by molar-refractivity contribution is -0.149. The fourth-order valence-electron chi connectivity index (χ4n) is 3.49. The molecule has 184 valence electrons. The SMILES string of the molecule is CCOC(=O)C(CF)(C/C=C/c1ccccc1CNSc1ccc(C)cc1)Nc1cccc(Cl)c1. The van der Waals surface area contributed by atoms with E-state index < -0.39 is 18.2 Å². The van der Waals surface area contributed by atoms with E-state index in [-0.39, 0.29) is 13.0 Å². The van der Waals surface area contributed by atoms with Gasteiger partial charge in [-0.2, -0.15) is 0 Å². The van der Waals surface area contributed by atoms with Gasteiger partial charge in [0.05, 0.1) is 6.61 Å². The van der Waals surface area contributed by atoms with E-state index in [2.05, 4.69) is 41.2 Å². The smallest absolute Gasteiger partial charge is 0.334 e. The topological polar surface area (TPSA) is 50.4 Å². The molecule has 0 aliphatic rings. The first-order valence-electron chi connectivity index (χ1n) is 11.4. The molecule has 1 atom stereocenters. The molecular weight excluding hydrogens is 483 g/mol. The molecule has 0 bridgehead atoms. The number of alkyl halides is 1. The Labute approximate surface area is 216 Å². The minimum Gasteiger partial charge on any atom is -0.464 e. The molecule has 3 aromatic rings. The Morgan fingerprint density at radius 1 is 1.11 bits per heavy atom. The molecule has 0 aromatic heterocycles. The summed E-state index contributed by atoms with van der Waals surface area (Å²) >= 11 is 7.65. The maximum atomic E-state index is 14.4. The molecule has 0 saturated carbocycles. The number of hydrogen-bond donors (Lipinski definition) is 2. The van der Waals surface area contributed by atoms with Gasteiger partial charge in [-0.1, -0.05) is 71.8 Å². The first-order chi connectivity index (χ1) is 17.0. The van der Waals surface area contributed by atoms with Gasteiger partial charge in [0.2, 0.25) is 0 Å². The van der Waals surface area contributed by atoms with Crippen LogP contribution in [-0.2, 0) is 16.1 Å². The molecule has 2 N–H and O–H groups in total. The number of nitrogens with one attached hydrogen (secondary N) is 2. The zero-order valence-electron chi connectivity index (χ0n) is 19.9. The molecule has 0 radical (unpaired) electrons. The van der Waals surface area contributed by atoms with Crippen LogP contribution >= 0.6 is 23.5 Å². The molecule has 0 saturated heterocycles. The Morgan fingerprint density at radius 2 is 1.89 bits per heavy atom. The standard InChI is InChI=1S/C28H30ClFN2O2S/c1-3-34-27(33)28(20-30,32-25-12-6-11-24(29)18-25)17-7-10-22-8-4-5-9-23(22)19-31-35-26-15-13-21(2)14-16-26/h4-16,18,31-32H,3,17,19-20H2,1-2H3/b10-7+. The molecule has 0 aliphatic carbocycles. The summed E-state index contributed by atoms with van der Waals surface area (Å²) in [6, 6.07) is 23.2. The summed E-state index contributed by atoms with van der Waals surface area (Å²) in [5.41, 5.74) is 2.30. The molecule has 7 heteroatoms. The number of ether oxygens (including phenoxy) is 1. The quantitative estimate of drug-likeness (QED) is 0.198. The lowest BCUT2D eigenvalue weighted by Crippen LogP contribution is -2.49. The minimum absolute atomic E-state index is 0.106. The van der Waals surface area contributed by atoms with Gasteiger partial charge >= 0.3 is 5.97 Å². The average molecular weight is 513 g/mol. The van der Waals surface area contributed by atoms with E-state index in [1.54, 1.807) is 49.2 Å². The Kier molecular flexibility index (Phi) is 10.2. The van der Waals surface area contributed by atoms with Crippen molar-refractivity contribution in [2.24, 2.45) is 0 Å². The van der Waals surface area contributed by atoms with Crippen LogP contribution in [0.4, 0.5) is 10.1 Å². The number of carbonyl (C=O) groups excluding carboxylic acids is 1. The zero-order chi connectivity index (χ0) is 25.1. The second-order valence-electron chi connectivity index (χ2n) is 8.11. The van der Waals surface area contributed by atoms with Crippen LogP contribution < -0.4 is 10.0 Å². The first kappa shape index (κ1) is 26.8. The fraction of sp³-hybridized carbons (Fsp3) is 0.250. The Morgan fingerprint density at radius 3 is 2.60 bits per heavy atom. The number of hydrogen-bond acceptors (Lipinski definition) is 5. The van der Waals surface area contributed by atoms with E-state index in [4.69, 9.17) is 16.3 Å². The number of anilines is 1. The number of esters is 1. The normalized spacial score (nSPS) is 12.9. The molecular formula is C28H30ClFN2O2S. The third-order valence-electron chi connectivity index (χ3n) is 5.39. The van der Waals surface area contributed by atoms with Gasteiger partial charge in [-0.3, -0.25) is 4.72 Å². The molecule has 0 amide bonds. The third kappa shape index (κ3) is 7.85. The van der Waals surface area contributed by atoms with Crippen LogP contribution in [0.3, 0.4) is 0 Å². The highest BCUT2D eigenvalue weighted by molar-refractivity contribution is 7.97. The van der Waals surface area contributed by atoms with Crippen molar-refractivity contribution in [2.45, 2.75) is 37.2 Å². The van der Waals surface area contributed by atoms with Crippen LogP contribution in [0, 0.1) is 6.92 Å². The van der Waals surface area contributed by atoms with E-state index in [1.165, 1.54) is 5.56 Å². The lowest BCUT2D eigenvalue weighted by atomic mass is 9.95. The molecule has 3 aromatic carbocycles. The Bertz CT molecular complexity index is 1140. The predicted octanol–water partition coefficient (Wildman–Crippen LogP) is 7.23. The van der Waals surface area contributed by atoms with Crippen LogP contribution in [0.15, 0.2) is 83.8 Å². The highest BCUT2D eigenvalue weighted by atomic mass is 35.5. The molecule has 0 aliphatic heterocycles. The van der Waals surface area contributed by atoms with Crippen molar-refractivity contribution in [3.05, 3.63) is 101 Å². The second kappa shape index (κ2) is 13.3. The number of aryl methyl sites for hydroxylation is 1. The molecule has 0 fully saturated rings. The summed E-state index contributed by atoms with van der Waals surface area (Å²) in [5, 5.41) is 3.52. The Hall–Kier alpha value is -2.80. The number of carbonyl (C=O) groups is 1. The largest absolute Gasteiger partial charge is 0.464 e. The van der Waals surface area contributed by atoms with Crippen molar-refractivity contribution in [2.75, 3.05) is 18.6 Å². The van der Waals surface area contributed by atoms with Crippen molar-refractivity contribution in [3.8, 4) is 0 Å². The van der Waals surface area contributed by atoms with Crippen molar-refractivity contribution in [3.63, 3.8) is 0 Å². The van der Waals surface area contributed by atoms with Crippen LogP contribution in [0.2, 0.25) is 5.02 Å². The van der Waals surface area contributed by atoms with Crippen molar-refractivity contribution in [1.29, 1.82) is 0 Å². The molecule has 1 unspecified atom stereocenters. The lowest BCUT2D eigenvalue weighted by Gasteiger charge is -2.30. The van der Waals surface area contributed by atoms with Crippen molar-refractivity contribution >= 4 is 41.3 Å². The average Bonchev–Trinajstić information content (AvgIpc) is 2.85. The third-order valence-corrected chi connectivity index (χ3v) is 6.43. The summed E-state index contributed by atoms with van der Waals surface area (Å²) in [4.78, 5) is 13.9. The summed E-state index contributed by atoms with van der Waals surface area (Å²) in [7, 11) is 0. The number of halogens is 2. The number of benzene rings is 3. The van der Waals surface area contributed by atoms with Gasteiger partial charge in [-0.25, -0.2) is 9.18 Å². The molecule has 3 rings (SSSR count). The van der Waals surface area contributed by atoms with Gasteiger partial charge in [-0.05, 0) is 67.3 Å². The Balaban J connectivity index is 1.72. The molecule has 0 heterocycles. The highest BCUT2D eigenvalue weighted by Gasteiger charge is 2.39. The number of rotatable bonds is 12. The monoisotopic (exact) mass is 512 g/mol. The molecule has 0 spiro atoms. The fourth-order valence-corrected chi connectivity index (χ4v) is 4.34. The van der Waals surface area contributed by atoms with Crippen molar-refractivity contribution in [1.82, 2.24) is 4.72 Å². The summed E-state index contributed by atoms with van der Waals surface area (Å²) in [6.45, 7) is 3.64. The summed E-state index contributed by atoms with van der Waals surface area (Å²) in [5.74, 6) is -0.642. The van der Waals surface area contributed by atoms with Gasteiger partial charge in [0.25, 0.3) is 0 Å². The molecule has 4 nitrogen and oxygen atoms in total. The summed E-state index contributed by atoms with van der Waals surface area (Å²) in [6.07, 6.45) is 3.82. The predicted molar refractivity (Wildman–Crippen MR) is 144 cm³/mol. The van der Waals surface area contributed by atoms with E-state index in [0.717, 1.165) is 16.0 Å². The van der Waals surface area contributed by atoms with Gasteiger partial charge in [0, 0.05) is 28.6 Å².